The molecule has 34 heavy (non-hydrogen) atoms. The number of hydrogen-bond donors (Lipinski definition) is 3. The standard InChI is InChI=1S/C26H19FN4O3/c1-34-21-8-4-7-19(27)23(21)26(33)30-16-11-9-15(10-12-16)29-20-13-14-28-24-22(20)17-5-2-3-6-18(17)25(32)31-24/h2-14H,1H3,(H,30,33)(H2,28,29,31,32). The van der Waals surface area contributed by atoms with Crippen LogP contribution in [0.4, 0.5) is 21.5 Å². The molecule has 0 aliphatic heterocycles. The van der Waals surface area contributed by atoms with Crippen LogP contribution in [0, 0.1) is 5.82 Å². The topological polar surface area (TPSA) is 96.1 Å². The molecule has 168 valence electrons. The van der Waals surface area contributed by atoms with Gasteiger partial charge >= 0.3 is 0 Å². The third kappa shape index (κ3) is 3.81. The number of fused-ring (bicyclic) bond motifs is 3. The van der Waals surface area contributed by atoms with Crippen LogP contribution < -0.4 is 20.9 Å². The van der Waals surface area contributed by atoms with Gasteiger partial charge in [0.05, 0.1) is 12.8 Å². The molecule has 0 radical (unpaired) electrons. The second kappa shape index (κ2) is 8.67. The van der Waals surface area contributed by atoms with E-state index in [1.54, 1.807) is 36.5 Å². The molecule has 0 bridgehead atoms. The highest BCUT2D eigenvalue weighted by Crippen LogP contribution is 2.30. The number of benzene rings is 3. The van der Waals surface area contributed by atoms with Crippen LogP contribution in [-0.2, 0) is 0 Å². The zero-order valence-corrected chi connectivity index (χ0v) is 18.1. The minimum Gasteiger partial charge on any atom is -0.496 e. The fourth-order valence-electron chi connectivity index (χ4n) is 3.89. The molecule has 0 spiro atoms. The van der Waals surface area contributed by atoms with Gasteiger partial charge in [0.2, 0.25) is 0 Å². The maximum absolute atomic E-state index is 14.2. The van der Waals surface area contributed by atoms with Gasteiger partial charge in [-0.3, -0.25) is 9.59 Å². The van der Waals surface area contributed by atoms with Crippen LogP contribution in [0.5, 0.6) is 5.75 Å². The summed E-state index contributed by atoms with van der Waals surface area (Å²) >= 11 is 0. The number of carbonyl (C=O) groups is 1. The first-order valence-electron chi connectivity index (χ1n) is 10.5. The molecule has 8 heteroatoms. The fourth-order valence-corrected chi connectivity index (χ4v) is 3.89. The second-order valence-corrected chi connectivity index (χ2v) is 7.56. The first kappa shape index (κ1) is 21.1. The van der Waals surface area contributed by atoms with Crippen molar-refractivity contribution < 1.29 is 13.9 Å². The number of hydrogen-bond acceptors (Lipinski definition) is 5. The molecule has 0 fully saturated rings. The third-order valence-corrected chi connectivity index (χ3v) is 5.47. The molecule has 5 aromatic rings. The van der Waals surface area contributed by atoms with E-state index in [0.29, 0.717) is 16.7 Å². The summed E-state index contributed by atoms with van der Waals surface area (Å²) in [6.07, 6.45) is 1.62. The van der Waals surface area contributed by atoms with Gasteiger partial charge in [0.1, 0.15) is 22.8 Å². The molecule has 2 heterocycles. The van der Waals surface area contributed by atoms with Gasteiger partial charge in [-0.05, 0) is 48.5 Å². The van der Waals surface area contributed by atoms with Gasteiger partial charge < -0.3 is 20.4 Å². The second-order valence-electron chi connectivity index (χ2n) is 7.56. The Kier molecular flexibility index (Phi) is 5.39. The maximum Gasteiger partial charge on any atom is 0.262 e. The van der Waals surface area contributed by atoms with Crippen molar-refractivity contribution in [2.24, 2.45) is 0 Å². The summed E-state index contributed by atoms with van der Waals surface area (Å²) in [6, 6.07) is 20.4. The number of nitrogens with zero attached hydrogens (tertiary/aromatic N) is 1. The molecule has 3 N–H and O–H groups in total. The van der Waals surface area contributed by atoms with E-state index >= 15 is 0 Å². The lowest BCUT2D eigenvalue weighted by molar-refractivity contribution is 0.102. The summed E-state index contributed by atoms with van der Waals surface area (Å²) in [5.41, 5.74) is 2.15. The Bertz CT molecular complexity index is 1600. The van der Waals surface area contributed by atoms with E-state index in [-0.39, 0.29) is 16.9 Å². The van der Waals surface area contributed by atoms with Gasteiger partial charge in [0.15, 0.2) is 0 Å². The minimum absolute atomic E-state index is 0.156. The van der Waals surface area contributed by atoms with Gasteiger partial charge in [0.25, 0.3) is 11.5 Å². The minimum atomic E-state index is -0.662. The largest absolute Gasteiger partial charge is 0.496 e. The van der Waals surface area contributed by atoms with Crippen LogP contribution in [0.2, 0.25) is 0 Å². The molecule has 2 aromatic heterocycles. The lowest BCUT2D eigenvalue weighted by Crippen LogP contribution is -2.15. The van der Waals surface area contributed by atoms with E-state index in [1.165, 1.54) is 25.3 Å². The predicted molar refractivity (Wildman–Crippen MR) is 130 cm³/mol. The maximum atomic E-state index is 14.2. The van der Waals surface area contributed by atoms with E-state index < -0.39 is 11.7 Å². The predicted octanol–water partition coefficient (Wildman–Crippen LogP) is 5.22. The highest BCUT2D eigenvalue weighted by atomic mass is 19.1. The Morgan fingerprint density at radius 3 is 2.44 bits per heavy atom. The normalized spacial score (nSPS) is 10.9. The van der Waals surface area contributed by atoms with Crippen LogP contribution >= 0.6 is 0 Å². The molecule has 0 aliphatic rings. The number of anilines is 3. The van der Waals surface area contributed by atoms with Gasteiger partial charge in [-0.1, -0.05) is 24.3 Å². The van der Waals surface area contributed by atoms with Crippen LogP contribution in [0.25, 0.3) is 21.8 Å². The number of aromatic amines is 1. The molecule has 5 rings (SSSR count). The molecule has 3 aromatic carbocycles. The average molecular weight is 454 g/mol. The molecular formula is C26H19FN4O3. The number of methoxy groups -OCH3 is 1. The summed E-state index contributed by atoms with van der Waals surface area (Å²) in [5.74, 6) is -1.11. The van der Waals surface area contributed by atoms with E-state index in [2.05, 4.69) is 20.6 Å². The van der Waals surface area contributed by atoms with Crippen molar-refractivity contribution in [1.82, 2.24) is 9.97 Å². The Morgan fingerprint density at radius 2 is 1.68 bits per heavy atom. The summed E-state index contributed by atoms with van der Waals surface area (Å²) in [6.45, 7) is 0. The highest BCUT2D eigenvalue weighted by molar-refractivity contribution is 6.11. The summed E-state index contributed by atoms with van der Waals surface area (Å²) in [5, 5.41) is 8.19. The molecule has 0 saturated carbocycles. The van der Waals surface area contributed by atoms with Crippen molar-refractivity contribution in [3.63, 3.8) is 0 Å². The van der Waals surface area contributed by atoms with Crippen LogP contribution in [0.3, 0.4) is 0 Å². The number of pyridine rings is 2. The summed E-state index contributed by atoms with van der Waals surface area (Å²) in [4.78, 5) is 32.1. The van der Waals surface area contributed by atoms with E-state index in [9.17, 15) is 14.0 Å². The zero-order chi connectivity index (χ0) is 23.7. The smallest absolute Gasteiger partial charge is 0.262 e. The van der Waals surface area contributed by atoms with Crippen LogP contribution in [-0.4, -0.2) is 23.0 Å². The highest BCUT2D eigenvalue weighted by Gasteiger charge is 2.17. The van der Waals surface area contributed by atoms with Gasteiger partial charge in [0, 0.05) is 33.7 Å². The van der Waals surface area contributed by atoms with E-state index in [0.717, 1.165) is 22.1 Å². The number of nitrogens with one attached hydrogen (secondary N) is 3. The molecule has 1 amide bonds. The number of H-pyrrole nitrogens is 1. The fraction of sp³-hybridized carbons (Fsp3) is 0.0385. The Morgan fingerprint density at radius 1 is 0.941 bits per heavy atom. The van der Waals surface area contributed by atoms with Crippen LogP contribution in [0.15, 0.2) is 83.8 Å². The van der Waals surface area contributed by atoms with Crippen molar-refractivity contribution in [3.8, 4) is 5.75 Å². The Labute approximate surface area is 193 Å². The molecule has 0 aliphatic carbocycles. The molecular weight excluding hydrogens is 435 g/mol. The molecule has 0 atom stereocenters. The Hall–Kier alpha value is -4.72. The first-order valence-corrected chi connectivity index (χ1v) is 10.5. The quantitative estimate of drug-likeness (QED) is 0.317. The van der Waals surface area contributed by atoms with Crippen molar-refractivity contribution in [2.75, 3.05) is 17.7 Å². The zero-order valence-electron chi connectivity index (χ0n) is 18.1. The first-order chi connectivity index (χ1) is 16.5. The number of carbonyl (C=O) groups excluding carboxylic acids is 1. The number of halogens is 1. The average Bonchev–Trinajstić information content (AvgIpc) is 2.85. The van der Waals surface area contributed by atoms with Crippen molar-refractivity contribution in [3.05, 3.63) is 101 Å². The number of amides is 1. The van der Waals surface area contributed by atoms with Gasteiger partial charge in [-0.2, -0.15) is 0 Å². The van der Waals surface area contributed by atoms with Crippen molar-refractivity contribution in [2.45, 2.75) is 0 Å². The summed E-state index contributed by atoms with van der Waals surface area (Å²) in [7, 11) is 1.38. The lowest BCUT2D eigenvalue weighted by Gasteiger charge is -2.13. The molecule has 0 saturated heterocycles. The summed E-state index contributed by atoms with van der Waals surface area (Å²) < 4.78 is 19.3. The number of ether oxygens (including phenoxy) is 1. The van der Waals surface area contributed by atoms with Crippen molar-refractivity contribution >= 4 is 44.8 Å². The van der Waals surface area contributed by atoms with E-state index in [1.807, 2.05) is 24.3 Å². The molecule has 0 unspecified atom stereocenters. The number of rotatable bonds is 5. The van der Waals surface area contributed by atoms with Crippen molar-refractivity contribution in [1.29, 1.82) is 0 Å². The third-order valence-electron chi connectivity index (χ3n) is 5.47. The lowest BCUT2D eigenvalue weighted by atomic mass is 10.1. The van der Waals surface area contributed by atoms with Crippen LogP contribution in [0.1, 0.15) is 10.4 Å². The SMILES string of the molecule is COc1cccc(F)c1C(=O)Nc1ccc(Nc2ccnc3[nH]c(=O)c4ccccc4c23)cc1. The number of aromatic nitrogens is 2. The van der Waals surface area contributed by atoms with Gasteiger partial charge in [-0.15, -0.1) is 0 Å². The Balaban J connectivity index is 1.43. The monoisotopic (exact) mass is 454 g/mol. The van der Waals surface area contributed by atoms with E-state index in [4.69, 9.17) is 4.74 Å². The molecule has 7 nitrogen and oxygen atoms in total. The van der Waals surface area contributed by atoms with Gasteiger partial charge in [-0.25, -0.2) is 9.37 Å².